The molecule has 2 aromatic carbocycles. The first kappa shape index (κ1) is 18.9. The average Bonchev–Trinajstić information content (AvgIpc) is 3.19. The number of benzene rings is 2. The first-order valence-corrected chi connectivity index (χ1v) is 9.91. The van der Waals surface area contributed by atoms with E-state index in [-0.39, 0.29) is 18.4 Å². The van der Waals surface area contributed by atoms with Crippen LogP contribution in [0.3, 0.4) is 0 Å². The minimum absolute atomic E-state index is 0.0970. The summed E-state index contributed by atoms with van der Waals surface area (Å²) >= 11 is 1.32. The summed E-state index contributed by atoms with van der Waals surface area (Å²) < 4.78 is 11.1. The first-order chi connectivity index (χ1) is 14.0. The molecule has 7 nitrogen and oxygen atoms in total. The van der Waals surface area contributed by atoms with Gasteiger partial charge in [-0.15, -0.1) is 11.3 Å². The van der Waals surface area contributed by atoms with Crippen LogP contribution in [-0.2, 0) is 9.59 Å². The monoisotopic (exact) mass is 409 g/mol. The number of amides is 2. The van der Waals surface area contributed by atoms with Gasteiger partial charge in [-0.25, -0.2) is 4.98 Å². The van der Waals surface area contributed by atoms with Crippen LogP contribution in [0.25, 0.3) is 11.3 Å². The summed E-state index contributed by atoms with van der Waals surface area (Å²) in [6.07, 6.45) is -0.502. The van der Waals surface area contributed by atoms with Crippen LogP contribution in [0.1, 0.15) is 6.92 Å². The van der Waals surface area contributed by atoms with Crippen LogP contribution >= 0.6 is 11.3 Å². The zero-order valence-corrected chi connectivity index (χ0v) is 16.7. The third kappa shape index (κ3) is 4.07. The number of hydrogen-bond acceptors (Lipinski definition) is 6. The lowest BCUT2D eigenvalue weighted by Gasteiger charge is -2.30. The third-order valence-corrected chi connectivity index (χ3v) is 5.22. The van der Waals surface area contributed by atoms with Crippen LogP contribution in [0.15, 0.2) is 53.9 Å². The van der Waals surface area contributed by atoms with Crippen molar-refractivity contribution >= 4 is 34.0 Å². The fraction of sp³-hybridized carbons (Fsp3) is 0.190. The van der Waals surface area contributed by atoms with Gasteiger partial charge in [-0.05, 0) is 37.3 Å². The Morgan fingerprint density at radius 2 is 2.07 bits per heavy atom. The van der Waals surface area contributed by atoms with E-state index in [0.717, 1.165) is 5.56 Å². The zero-order chi connectivity index (χ0) is 20.4. The maximum atomic E-state index is 12.2. The Morgan fingerprint density at radius 1 is 1.28 bits per heavy atom. The van der Waals surface area contributed by atoms with Crippen molar-refractivity contribution in [1.82, 2.24) is 4.98 Å². The Kier molecular flexibility index (Phi) is 5.18. The molecule has 0 bridgehead atoms. The number of para-hydroxylation sites is 1. The van der Waals surface area contributed by atoms with E-state index >= 15 is 0 Å². The number of aromatic nitrogens is 1. The highest BCUT2D eigenvalue weighted by Gasteiger charge is 2.29. The van der Waals surface area contributed by atoms with Gasteiger partial charge < -0.3 is 14.4 Å². The summed E-state index contributed by atoms with van der Waals surface area (Å²) in [5.41, 5.74) is 2.23. The number of rotatable bonds is 5. The number of likely N-dealkylation sites (N-methyl/N-ethyl adjacent to an activating group) is 1. The molecule has 2 heterocycles. The molecule has 1 aliphatic rings. The molecular weight excluding hydrogens is 390 g/mol. The van der Waals surface area contributed by atoms with E-state index in [2.05, 4.69) is 10.3 Å². The van der Waals surface area contributed by atoms with Crippen LogP contribution in [-0.4, -0.2) is 36.6 Å². The summed E-state index contributed by atoms with van der Waals surface area (Å²) in [7, 11) is 1.73. The summed E-state index contributed by atoms with van der Waals surface area (Å²) in [5, 5.41) is 5.07. The molecule has 1 N–H and O–H groups in total. The number of nitrogens with one attached hydrogen (secondary N) is 1. The van der Waals surface area contributed by atoms with Crippen molar-refractivity contribution in [2.24, 2.45) is 0 Å². The number of ether oxygens (including phenoxy) is 2. The molecule has 3 aromatic rings. The van der Waals surface area contributed by atoms with Crippen molar-refractivity contribution in [3.8, 4) is 22.8 Å². The molecule has 148 valence electrons. The standard InChI is InChI=1S/C21H19N3O4S/c1-13-20(26)24(2)17-10-14(8-9-18(17)28-13)16-12-29-21(22-16)23-19(25)11-27-15-6-4-3-5-7-15/h3-10,12-13H,11H2,1-2H3,(H,22,23,25). The second-order valence-electron chi connectivity index (χ2n) is 6.53. The Hall–Kier alpha value is -3.39. The number of carbonyl (C=O) groups is 2. The van der Waals surface area contributed by atoms with Crippen molar-refractivity contribution in [3.05, 3.63) is 53.9 Å². The molecule has 2 amide bonds. The van der Waals surface area contributed by atoms with Crippen LogP contribution in [0.4, 0.5) is 10.8 Å². The van der Waals surface area contributed by atoms with E-state index in [1.807, 2.05) is 41.8 Å². The van der Waals surface area contributed by atoms with E-state index in [0.29, 0.717) is 28.0 Å². The summed E-state index contributed by atoms with van der Waals surface area (Å²) in [6, 6.07) is 14.7. The largest absolute Gasteiger partial charge is 0.484 e. The minimum Gasteiger partial charge on any atom is -0.484 e. The number of hydrogen-bond donors (Lipinski definition) is 1. The molecule has 0 spiro atoms. The van der Waals surface area contributed by atoms with Crippen molar-refractivity contribution < 1.29 is 19.1 Å². The number of fused-ring (bicyclic) bond motifs is 1. The Bertz CT molecular complexity index is 1050. The van der Waals surface area contributed by atoms with Gasteiger partial charge in [-0.1, -0.05) is 18.2 Å². The molecule has 1 atom stereocenters. The van der Waals surface area contributed by atoms with Crippen molar-refractivity contribution in [2.75, 3.05) is 23.9 Å². The lowest BCUT2D eigenvalue weighted by Crippen LogP contribution is -2.41. The van der Waals surface area contributed by atoms with Crippen molar-refractivity contribution in [3.63, 3.8) is 0 Å². The predicted molar refractivity (Wildman–Crippen MR) is 112 cm³/mol. The Labute approximate surface area is 171 Å². The second-order valence-corrected chi connectivity index (χ2v) is 7.39. The molecule has 0 fully saturated rings. The predicted octanol–water partition coefficient (Wildman–Crippen LogP) is 3.57. The van der Waals surface area contributed by atoms with Gasteiger partial charge in [-0.2, -0.15) is 0 Å². The average molecular weight is 409 g/mol. The zero-order valence-electron chi connectivity index (χ0n) is 15.9. The number of anilines is 2. The van der Waals surface area contributed by atoms with Gasteiger partial charge in [0.15, 0.2) is 17.8 Å². The van der Waals surface area contributed by atoms with Crippen LogP contribution < -0.4 is 19.7 Å². The highest BCUT2D eigenvalue weighted by atomic mass is 32.1. The maximum absolute atomic E-state index is 12.2. The normalized spacial score (nSPS) is 15.4. The fourth-order valence-corrected chi connectivity index (χ4v) is 3.69. The van der Waals surface area contributed by atoms with Gasteiger partial charge in [-0.3, -0.25) is 14.9 Å². The highest BCUT2D eigenvalue weighted by molar-refractivity contribution is 7.14. The molecular formula is C21H19N3O4S. The molecule has 0 saturated carbocycles. The molecule has 1 unspecified atom stereocenters. The van der Waals surface area contributed by atoms with E-state index in [1.54, 1.807) is 31.0 Å². The van der Waals surface area contributed by atoms with E-state index in [4.69, 9.17) is 9.47 Å². The third-order valence-electron chi connectivity index (χ3n) is 4.46. The van der Waals surface area contributed by atoms with Gasteiger partial charge in [0.05, 0.1) is 11.4 Å². The van der Waals surface area contributed by atoms with E-state index in [1.165, 1.54) is 11.3 Å². The van der Waals surface area contributed by atoms with Gasteiger partial charge in [0, 0.05) is 18.0 Å². The van der Waals surface area contributed by atoms with Crippen molar-refractivity contribution in [2.45, 2.75) is 13.0 Å². The molecule has 0 radical (unpaired) electrons. The number of thiazole rings is 1. The lowest BCUT2D eigenvalue weighted by molar-refractivity contribution is -0.125. The van der Waals surface area contributed by atoms with Crippen LogP contribution in [0, 0.1) is 0 Å². The summed E-state index contributed by atoms with van der Waals surface area (Å²) in [4.78, 5) is 30.3. The maximum Gasteiger partial charge on any atom is 0.267 e. The summed E-state index contributed by atoms with van der Waals surface area (Å²) in [5.74, 6) is 0.907. The Morgan fingerprint density at radius 3 is 2.86 bits per heavy atom. The molecule has 1 aromatic heterocycles. The molecule has 4 rings (SSSR count). The number of carbonyl (C=O) groups excluding carboxylic acids is 2. The quantitative estimate of drug-likeness (QED) is 0.697. The van der Waals surface area contributed by atoms with Crippen LogP contribution in [0.5, 0.6) is 11.5 Å². The fourth-order valence-electron chi connectivity index (χ4n) is 2.96. The SMILES string of the molecule is CC1Oc2ccc(-c3csc(NC(=O)COc4ccccc4)n3)cc2N(C)C1=O. The highest BCUT2D eigenvalue weighted by Crippen LogP contribution is 2.37. The van der Waals surface area contributed by atoms with E-state index < -0.39 is 6.10 Å². The smallest absolute Gasteiger partial charge is 0.267 e. The molecule has 8 heteroatoms. The molecule has 1 aliphatic heterocycles. The van der Waals surface area contributed by atoms with Gasteiger partial charge in [0.25, 0.3) is 11.8 Å². The van der Waals surface area contributed by atoms with Crippen LogP contribution in [0.2, 0.25) is 0 Å². The number of nitrogens with zero attached hydrogens (tertiary/aromatic N) is 2. The topological polar surface area (TPSA) is 80.8 Å². The van der Waals surface area contributed by atoms with E-state index in [9.17, 15) is 9.59 Å². The molecule has 0 aliphatic carbocycles. The lowest BCUT2D eigenvalue weighted by atomic mass is 10.1. The minimum atomic E-state index is -0.502. The van der Waals surface area contributed by atoms with Crippen molar-refractivity contribution in [1.29, 1.82) is 0 Å². The van der Waals surface area contributed by atoms with Gasteiger partial charge in [0.2, 0.25) is 0 Å². The summed E-state index contributed by atoms with van der Waals surface area (Å²) in [6.45, 7) is 1.63. The molecule has 0 saturated heterocycles. The Balaban J connectivity index is 1.44. The first-order valence-electron chi connectivity index (χ1n) is 9.03. The second kappa shape index (κ2) is 7.92. The molecule has 29 heavy (non-hydrogen) atoms. The van der Waals surface area contributed by atoms with Gasteiger partial charge in [0.1, 0.15) is 11.5 Å². The van der Waals surface area contributed by atoms with Gasteiger partial charge >= 0.3 is 0 Å².